The predicted molar refractivity (Wildman–Crippen MR) is 53.9 cm³/mol. The van der Waals surface area contributed by atoms with Crippen molar-refractivity contribution in [1.29, 1.82) is 0 Å². The van der Waals surface area contributed by atoms with Gasteiger partial charge in [0.15, 0.2) is 6.54 Å². The third-order valence-electron chi connectivity index (χ3n) is 2.73. The number of ketones is 1. The fourth-order valence-corrected chi connectivity index (χ4v) is 2.02. The van der Waals surface area contributed by atoms with Gasteiger partial charge in [-0.05, 0) is 26.8 Å². The molecule has 0 N–H and O–H groups in total. The van der Waals surface area contributed by atoms with E-state index in [-0.39, 0.29) is 28.8 Å². The van der Waals surface area contributed by atoms with Crippen molar-refractivity contribution in [3.8, 4) is 0 Å². The molecule has 0 radical (unpaired) electrons. The Balaban J connectivity index is 2.15. The first-order chi connectivity index (χ1) is 6.82. The molecule has 1 fully saturated rings. The van der Waals surface area contributed by atoms with Gasteiger partial charge in [-0.2, -0.15) is 9.28 Å². The number of nitrogens with zero attached hydrogens (tertiary/aromatic N) is 1. The van der Waals surface area contributed by atoms with Gasteiger partial charge in [0.05, 0.1) is 5.92 Å². The molecule has 2 aliphatic rings. The van der Waals surface area contributed by atoms with Crippen molar-refractivity contribution >= 4 is 11.9 Å². The Morgan fingerprint density at radius 1 is 1.53 bits per heavy atom. The highest BCUT2D eigenvalue weighted by Gasteiger charge is 2.54. The number of rotatable bonds is 0. The van der Waals surface area contributed by atoms with Crippen molar-refractivity contribution in [2.24, 2.45) is 5.92 Å². The van der Waals surface area contributed by atoms with E-state index in [9.17, 15) is 9.59 Å². The van der Waals surface area contributed by atoms with Gasteiger partial charge < -0.3 is 4.74 Å². The molecule has 0 aromatic carbocycles. The molecule has 0 unspecified atom stereocenters. The molecule has 2 atom stereocenters. The van der Waals surface area contributed by atoms with E-state index in [1.807, 2.05) is 26.8 Å². The van der Waals surface area contributed by atoms with Crippen molar-refractivity contribution in [1.82, 2.24) is 0 Å². The third kappa shape index (κ3) is 1.69. The van der Waals surface area contributed by atoms with Gasteiger partial charge >= 0.3 is 6.09 Å². The molecular formula is C11H16NO3+. The molecule has 2 aliphatic heterocycles. The number of hydrogen-bond donors (Lipinski definition) is 0. The summed E-state index contributed by atoms with van der Waals surface area (Å²) in [7, 11) is 0. The fourth-order valence-electron chi connectivity index (χ4n) is 2.02. The lowest BCUT2D eigenvalue weighted by Gasteiger charge is -2.27. The maximum absolute atomic E-state index is 11.9. The van der Waals surface area contributed by atoms with Crippen LogP contribution in [0.15, 0.2) is 12.3 Å². The Morgan fingerprint density at radius 3 is 2.60 bits per heavy atom. The lowest BCUT2D eigenvalue weighted by molar-refractivity contribution is -0.786. The van der Waals surface area contributed by atoms with E-state index in [1.165, 1.54) is 0 Å². The largest absolute Gasteiger partial charge is 0.521 e. The second-order valence-electron chi connectivity index (χ2n) is 5.27. The molecule has 2 rings (SSSR count). The minimum Gasteiger partial charge on any atom is -0.414 e. The van der Waals surface area contributed by atoms with Crippen LogP contribution in [0.2, 0.25) is 0 Å². The summed E-state index contributed by atoms with van der Waals surface area (Å²) in [5.41, 5.74) is -0.498. The summed E-state index contributed by atoms with van der Waals surface area (Å²) in [5, 5.41) is 0. The van der Waals surface area contributed by atoms with Gasteiger partial charge in [-0.15, -0.1) is 0 Å². The van der Waals surface area contributed by atoms with Crippen LogP contribution in [-0.2, 0) is 9.53 Å². The SMILES string of the molecule is CC(C)(C)OC(=O)[N@@+]12C=C[C@@H](C1)C(=O)C2. The topological polar surface area (TPSA) is 43.4 Å². The summed E-state index contributed by atoms with van der Waals surface area (Å²) >= 11 is 0. The zero-order chi connectivity index (χ0) is 11.3. The van der Waals surface area contributed by atoms with Crippen LogP contribution in [0.3, 0.4) is 0 Å². The lowest BCUT2D eigenvalue weighted by atomic mass is 10.1. The molecule has 82 valence electrons. The zero-order valence-corrected chi connectivity index (χ0v) is 9.32. The molecule has 0 aromatic heterocycles. The van der Waals surface area contributed by atoms with Crippen LogP contribution in [0.5, 0.6) is 0 Å². The maximum atomic E-state index is 11.9. The number of carbonyl (C=O) groups is 2. The molecule has 15 heavy (non-hydrogen) atoms. The Bertz CT molecular complexity index is 353. The molecular weight excluding hydrogens is 194 g/mol. The second kappa shape index (κ2) is 2.92. The molecule has 0 saturated carbocycles. The summed E-state index contributed by atoms with van der Waals surface area (Å²) in [4.78, 5) is 23.4. The van der Waals surface area contributed by atoms with Crippen molar-refractivity contribution in [2.75, 3.05) is 13.1 Å². The van der Waals surface area contributed by atoms with Crippen LogP contribution in [0.4, 0.5) is 4.79 Å². The second-order valence-corrected chi connectivity index (χ2v) is 5.27. The first kappa shape index (κ1) is 10.4. The van der Waals surface area contributed by atoms with Crippen molar-refractivity contribution < 1.29 is 18.8 Å². The van der Waals surface area contributed by atoms with E-state index >= 15 is 0 Å². The fraction of sp³-hybridized carbons (Fsp3) is 0.636. The molecule has 2 bridgehead atoms. The molecule has 2 heterocycles. The normalized spacial score (nSPS) is 33.5. The van der Waals surface area contributed by atoms with Crippen LogP contribution in [0.1, 0.15) is 20.8 Å². The van der Waals surface area contributed by atoms with Crippen LogP contribution in [-0.4, -0.2) is 35.1 Å². The standard InChI is InChI=1S/C11H16NO3/c1-11(2,3)15-10(14)12-5-4-8(6-12)9(13)7-12/h4-5,8H,6-7H2,1-3H3/q+1/t8-,12-/m0/s1. The third-order valence-corrected chi connectivity index (χ3v) is 2.73. The van der Waals surface area contributed by atoms with E-state index in [1.54, 1.807) is 6.20 Å². The van der Waals surface area contributed by atoms with Gasteiger partial charge in [0, 0.05) is 0 Å². The predicted octanol–water partition coefficient (Wildman–Crippen LogP) is 1.46. The van der Waals surface area contributed by atoms with Gasteiger partial charge in [0.2, 0.25) is 5.78 Å². The Labute approximate surface area is 89.1 Å². The monoisotopic (exact) mass is 210 g/mol. The summed E-state index contributed by atoms with van der Waals surface area (Å²) in [6.07, 6.45) is 3.29. The first-order valence-electron chi connectivity index (χ1n) is 5.15. The molecule has 4 nitrogen and oxygen atoms in total. The van der Waals surface area contributed by atoms with Crippen molar-refractivity contribution in [3.63, 3.8) is 0 Å². The van der Waals surface area contributed by atoms with E-state index < -0.39 is 5.60 Å². The molecule has 0 aliphatic carbocycles. The molecule has 4 heteroatoms. The first-order valence-corrected chi connectivity index (χ1v) is 5.15. The van der Waals surface area contributed by atoms with E-state index in [4.69, 9.17) is 4.74 Å². The summed E-state index contributed by atoms with van der Waals surface area (Å²) in [5.74, 6) is 0.0703. The van der Waals surface area contributed by atoms with Gasteiger partial charge in [0.25, 0.3) is 0 Å². The highest BCUT2D eigenvalue weighted by Crippen LogP contribution is 2.32. The number of amides is 1. The van der Waals surface area contributed by atoms with Crippen LogP contribution in [0, 0.1) is 5.92 Å². The van der Waals surface area contributed by atoms with Gasteiger partial charge in [-0.25, -0.2) is 0 Å². The highest BCUT2D eigenvalue weighted by molar-refractivity contribution is 5.88. The average Bonchev–Trinajstić information content (AvgIpc) is 2.58. The summed E-state index contributed by atoms with van der Waals surface area (Å²) < 4.78 is 5.38. The van der Waals surface area contributed by atoms with Crippen molar-refractivity contribution in [3.05, 3.63) is 12.3 Å². The molecule has 0 aromatic rings. The number of ether oxygens (including phenoxy) is 1. The number of Topliss-reactive ketones (excluding diaryl/α,β-unsaturated/α-hetero) is 1. The quantitative estimate of drug-likeness (QED) is 0.568. The van der Waals surface area contributed by atoms with E-state index in [0.29, 0.717) is 6.54 Å². The molecule has 0 spiro atoms. The maximum Gasteiger partial charge on any atom is 0.521 e. The minimum absolute atomic E-state index is 0.0563. The summed E-state index contributed by atoms with van der Waals surface area (Å²) in [6.45, 7) is 6.30. The average molecular weight is 210 g/mol. The molecule has 1 amide bonds. The minimum atomic E-state index is -0.498. The van der Waals surface area contributed by atoms with E-state index in [0.717, 1.165) is 0 Å². The Morgan fingerprint density at radius 2 is 2.20 bits per heavy atom. The zero-order valence-electron chi connectivity index (χ0n) is 9.32. The van der Waals surface area contributed by atoms with Crippen LogP contribution < -0.4 is 0 Å². The van der Waals surface area contributed by atoms with Gasteiger partial charge in [0.1, 0.15) is 18.3 Å². The Kier molecular flexibility index (Phi) is 2.01. The number of quaternary nitrogens is 1. The van der Waals surface area contributed by atoms with Crippen molar-refractivity contribution in [2.45, 2.75) is 26.4 Å². The van der Waals surface area contributed by atoms with Gasteiger partial charge in [-0.1, -0.05) is 0 Å². The smallest absolute Gasteiger partial charge is 0.414 e. The van der Waals surface area contributed by atoms with Crippen LogP contribution in [0.25, 0.3) is 0 Å². The number of fused-ring (bicyclic) bond motifs is 2. The summed E-state index contributed by atoms with van der Waals surface area (Å²) in [6, 6.07) is 0. The molecule has 1 saturated heterocycles. The number of carbonyl (C=O) groups excluding carboxylic acids is 2. The highest BCUT2D eigenvalue weighted by atomic mass is 16.6. The van der Waals surface area contributed by atoms with Gasteiger partial charge in [-0.3, -0.25) is 4.79 Å². The lowest BCUT2D eigenvalue weighted by Crippen LogP contribution is -2.48. The Hall–Kier alpha value is -1.16. The number of hydrogen-bond acceptors (Lipinski definition) is 3. The van der Waals surface area contributed by atoms with Crippen LogP contribution >= 0.6 is 0 Å². The van der Waals surface area contributed by atoms with E-state index in [2.05, 4.69) is 0 Å².